The molecule has 3 rings (SSSR count). The molecule has 1 heterocycles. The summed E-state index contributed by atoms with van der Waals surface area (Å²) in [6.07, 6.45) is 0. The van der Waals surface area contributed by atoms with Crippen molar-refractivity contribution in [2.45, 2.75) is 16.7 Å². The van der Waals surface area contributed by atoms with Gasteiger partial charge in [0.05, 0.1) is 27.8 Å². The normalized spacial score (nSPS) is 11.5. The second-order valence-corrected chi connectivity index (χ2v) is 9.05. The molecular formula is C18H14N4Na2O9S2. The number of esters is 1. The van der Waals surface area contributed by atoms with Crippen LogP contribution in [0.25, 0.3) is 5.69 Å². The van der Waals surface area contributed by atoms with E-state index in [-0.39, 0.29) is 82.8 Å². The number of carbonyl (C=O) groups is 1. The van der Waals surface area contributed by atoms with Gasteiger partial charge in [-0.3, -0.25) is 9.89 Å². The Morgan fingerprint density at radius 1 is 0.914 bits per heavy atom. The van der Waals surface area contributed by atoms with Crippen LogP contribution in [0.4, 0.5) is 11.4 Å². The summed E-state index contributed by atoms with van der Waals surface area (Å²) in [5.74, 6) is -0.922. The third-order valence-electron chi connectivity index (χ3n) is 4.12. The molecule has 1 N–H and O–H groups in total. The first-order valence-corrected chi connectivity index (χ1v) is 11.8. The van der Waals surface area contributed by atoms with Gasteiger partial charge in [-0.1, -0.05) is 0 Å². The number of hydrogen-bond acceptors (Lipinski definition) is 11. The number of benzene rings is 2. The van der Waals surface area contributed by atoms with Crippen molar-refractivity contribution >= 4 is 37.6 Å². The molecule has 0 aliphatic heterocycles. The number of aromatic nitrogens is 2. The van der Waals surface area contributed by atoms with Crippen molar-refractivity contribution < 1.29 is 94.6 Å². The van der Waals surface area contributed by atoms with Gasteiger partial charge < -0.3 is 13.8 Å². The van der Waals surface area contributed by atoms with E-state index in [0.717, 1.165) is 28.9 Å². The number of aromatic amines is 1. The van der Waals surface area contributed by atoms with Crippen LogP contribution in [0.5, 0.6) is 0 Å². The second-order valence-electron chi connectivity index (χ2n) is 6.29. The third kappa shape index (κ3) is 7.66. The Kier molecular flexibility index (Phi) is 11.2. The Balaban J connectivity index is 0.00000306. The Hall–Kier alpha value is -1.66. The van der Waals surface area contributed by atoms with Gasteiger partial charge in [-0.05, 0) is 55.5 Å². The van der Waals surface area contributed by atoms with E-state index >= 15 is 0 Å². The number of nitrogens with one attached hydrogen (secondary N) is 1. The molecule has 0 radical (unpaired) electrons. The fourth-order valence-electron chi connectivity index (χ4n) is 2.60. The van der Waals surface area contributed by atoms with Crippen LogP contribution >= 0.6 is 0 Å². The van der Waals surface area contributed by atoms with Crippen LogP contribution < -0.4 is 64.7 Å². The molecule has 3 aromatic rings. The molecular weight excluding hydrogens is 526 g/mol. The van der Waals surface area contributed by atoms with E-state index in [9.17, 15) is 35.5 Å². The van der Waals surface area contributed by atoms with Gasteiger partial charge in [0.25, 0.3) is 5.56 Å². The van der Waals surface area contributed by atoms with Crippen LogP contribution in [-0.2, 0) is 25.0 Å². The zero-order valence-electron chi connectivity index (χ0n) is 18.7. The molecule has 0 atom stereocenters. The summed E-state index contributed by atoms with van der Waals surface area (Å²) >= 11 is 0. The summed E-state index contributed by atoms with van der Waals surface area (Å²) in [5, 5.41) is 10.0. The second kappa shape index (κ2) is 12.5. The SMILES string of the molecule is CCOC(=O)c1[nH]n(-c2ccc(S(=O)(=O)[O-])cc2)c(=O)c1N=Nc1ccc(S(=O)(=O)[O-])cc1.[Na+].[Na+]. The van der Waals surface area contributed by atoms with Crippen molar-refractivity contribution in [1.82, 2.24) is 9.78 Å². The van der Waals surface area contributed by atoms with E-state index in [0.29, 0.717) is 0 Å². The minimum Gasteiger partial charge on any atom is -0.744 e. The molecule has 174 valence electrons. The summed E-state index contributed by atoms with van der Waals surface area (Å²) in [7, 11) is -9.36. The van der Waals surface area contributed by atoms with Crippen LogP contribution in [0, 0.1) is 0 Å². The van der Waals surface area contributed by atoms with Gasteiger partial charge in [0.1, 0.15) is 20.2 Å². The van der Waals surface area contributed by atoms with Gasteiger partial charge in [-0.15, -0.1) is 5.11 Å². The Morgan fingerprint density at radius 3 is 1.86 bits per heavy atom. The van der Waals surface area contributed by atoms with Crippen LogP contribution in [0.15, 0.2) is 73.3 Å². The van der Waals surface area contributed by atoms with E-state index in [4.69, 9.17) is 4.74 Å². The summed E-state index contributed by atoms with van der Waals surface area (Å²) in [6.45, 7) is 1.53. The third-order valence-corrected chi connectivity index (χ3v) is 5.82. The average Bonchev–Trinajstić information content (AvgIpc) is 3.08. The molecule has 0 saturated carbocycles. The zero-order chi connectivity index (χ0) is 24.4. The number of hydrogen-bond donors (Lipinski definition) is 1. The minimum absolute atomic E-state index is 0. The van der Waals surface area contributed by atoms with Gasteiger partial charge >= 0.3 is 65.1 Å². The van der Waals surface area contributed by atoms with E-state index < -0.39 is 47.2 Å². The number of nitrogens with zero attached hydrogens (tertiary/aromatic N) is 3. The van der Waals surface area contributed by atoms with Gasteiger partial charge in [0.2, 0.25) is 0 Å². The van der Waals surface area contributed by atoms with Gasteiger partial charge in [0, 0.05) is 0 Å². The van der Waals surface area contributed by atoms with Crippen LogP contribution in [-0.4, -0.2) is 48.3 Å². The molecule has 17 heteroatoms. The zero-order valence-corrected chi connectivity index (χ0v) is 24.3. The van der Waals surface area contributed by atoms with Gasteiger partial charge in [-0.25, -0.2) is 26.3 Å². The number of rotatable bonds is 7. The first-order valence-electron chi connectivity index (χ1n) is 8.98. The van der Waals surface area contributed by atoms with Gasteiger partial charge in [0.15, 0.2) is 11.4 Å². The largest absolute Gasteiger partial charge is 1.00 e. The number of ether oxygens (including phenoxy) is 1. The summed E-state index contributed by atoms with van der Waals surface area (Å²) < 4.78 is 72.0. The standard InChI is InChI=1S/C18H16N4O9S2.2Na/c1-2-31-18(24)16-15(20-19-11-3-7-13(8-4-11)32(25,26)27)17(23)22(21-16)12-5-9-14(10-6-12)33(28,29)30;;/h3-10,21H,2H2,1H3,(H,25,26,27)(H,28,29,30);;/q;2*+1/p-2. The molecule has 1 aromatic heterocycles. The van der Waals surface area contributed by atoms with Crippen molar-refractivity contribution in [3.63, 3.8) is 0 Å². The Labute approximate surface area is 243 Å². The first-order chi connectivity index (χ1) is 15.4. The smallest absolute Gasteiger partial charge is 0.744 e. The Morgan fingerprint density at radius 2 is 1.40 bits per heavy atom. The van der Waals surface area contributed by atoms with E-state index in [1.165, 1.54) is 24.3 Å². The summed E-state index contributed by atoms with van der Waals surface area (Å²) in [5.41, 5.74) is -1.49. The first kappa shape index (κ1) is 31.4. The molecule has 0 amide bonds. The van der Waals surface area contributed by atoms with Crippen molar-refractivity contribution in [2.75, 3.05) is 6.61 Å². The van der Waals surface area contributed by atoms with Crippen molar-refractivity contribution in [1.29, 1.82) is 0 Å². The van der Waals surface area contributed by atoms with Crippen molar-refractivity contribution in [3.05, 3.63) is 64.6 Å². The maximum Gasteiger partial charge on any atom is 1.00 e. The minimum atomic E-state index is -4.70. The molecule has 0 aliphatic carbocycles. The van der Waals surface area contributed by atoms with Gasteiger partial charge in [-0.2, -0.15) is 5.11 Å². The Bertz CT molecular complexity index is 1500. The van der Waals surface area contributed by atoms with Crippen LogP contribution in [0.3, 0.4) is 0 Å². The number of azo groups is 1. The maximum absolute atomic E-state index is 12.9. The summed E-state index contributed by atoms with van der Waals surface area (Å²) in [6, 6.07) is 8.66. The summed E-state index contributed by atoms with van der Waals surface area (Å²) in [4.78, 5) is 24.1. The molecule has 2 aromatic carbocycles. The quantitative estimate of drug-likeness (QED) is 0.133. The van der Waals surface area contributed by atoms with E-state index in [1.54, 1.807) is 6.92 Å². The molecule has 0 bridgehead atoms. The van der Waals surface area contributed by atoms with Crippen molar-refractivity contribution in [2.24, 2.45) is 10.2 Å². The monoisotopic (exact) mass is 540 g/mol. The molecule has 0 aliphatic rings. The predicted octanol–water partition coefficient (Wildman–Crippen LogP) is -4.43. The number of H-pyrrole nitrogens is 1. The molecule has 0 unspecified atom stereocenters. The fourth-order valence-corrected chi connectivity index (χ4v) is 3.54. The molecule has 13 nitrogen and oxygen atoms in total. The predicted molar refractivity (Wildman–Crippen MR) is 109 cm³/mol. The molecule has 0 fully saturated rings. The van der Waals surface area contributed by atoms with Crippen molar-refractivity contribution in [3.8, 4) is 5.69 Å². The maximum atomic E-state index is 12.9. The molecule has 0 spiro atoms. The number of carbonyl (C=O) groups excluding carboxylic acids is 1. The van der Waals surface area contributed by atoms with Crippen LogP contribution in [0.2, 0.25) is 0 Å². The van der Waals surface area contributed by atoms with E-state index in [1.807, 2.05) is 0 Å². The van der Waals surface area contributed by atoms with Crippen LogP contribution in [0.1, 0.15) is 17.4 Å². The topological polar surface area (TPSA) is 203 Å². The molecule has 35 heavy (non-hydrogen) atoms. The fraction of sp³-hybridized carbons (Fsp3) is 0.111. The molecule has 0 saturated heterocycles. The average molecular weight is 540 g/mol. The van der Waals surface area contributed by atoms with E-state index in [2.05, 4.69) is 15.3 Å².